The second-order valence-electron chi connectivity index (χ2n) is 3.85. The quantitative estimate of drug-likeness (QED) is 0.819. The maximum absolute atomic E-state index is 11.7. The van der Waals surface area contributed by atoms with E-state index in [0.29, 0.717) is 17.2 Å². The average molecular weight is 242 g/mol. The van der Waals surface area contributed by atoms with Crippen LogP contribution in [0.25, 0.3) is 0 Å². The van der Waals surface area contributed by atoms with Gasteiger partial charge in [0.2, 0.25) is 0 Å². The predicted molar refractivity (Wildman–Crippen MR) is 66.8 cm³/mol. The van der Waals surface area contributed by atoms with Crippen LogP contribution in [0.1, 0.15) is 27.7 Å². The van der Waals surface area contributed by atoms with Gasteiger partial charge in [-0.3, -0.25) is 0 Å². The van der Waals surface area contributed by atoms with Gasteiger partial charge in [-0.25, -0.2) is 4.79 Å². The fourth-order valence-corrected chi connectivity index (χ4v) is 2.66. The summed E-state index contributed by atoms with van der Waals surface area (Å²) in [7, 11) is 3.97. The van der Waals surface area contributed by atoms with E-state index in [4.69, 9.17) is 10.5 Å². The van der Waals surface area contributed by atoms with Crippen LogP contribution >= 0.6 is 11.3 Å². The molecule has 5 heteroatoms. The number of anilines is 1. The van der Waals surface area contributed by atoms with E-state index in [2.05, 4.69) is 0 Å². The summed E-state index contributed by atoms with van der Waals surface area (Å²) in [6, 6.07) is 0. The lowest BCUT2D eigenvalue weighted by atomic mass is 10.1. The van der Waals surface area contributed by atoms with Crippen LogP contribution in [0.2, 0.25) is 0 Å². The van der Waals surface area contributed by atoms with Gasteiger partial charge >= 0.3 is 5.97 Å². The lowest BCUT2D eigenvalue weighted by Gasteiger charge is -2.08. The lowest BCUT2D eigenvalue weighted by molar-refractivity contribution is 0.0527. The molecule has 0 aliphatic rings. The highest BCUT2D eigenvalue weighted by Gasteiger charge is 2.20. The van der Waals surface area contributed by atoms with Gasteiger partial charge in [0.15, 0.2) is 0 Å². The Bertz CT molecular complexity index is 386. The number of rotatable bonds is 4. The summed E-state index contributed by atoms with van der Waals surface area (Å²) < 4.78 is 4.98. The molecule has 16 heavy (non-hydrogen) atoms. The van der Waals surface area contributed by atoms with Gasteiger partial charge in [-0.2, -0.15) is 0 Å². The Morgan fingerprint density at radius 1 is 1.50 bits per heavy atom. The van der Waals surface area contributed by atoms with E-state index in [-0.39, 0.29) is 5.97 Å². The molecule has 0 amide bonds. The van der Waals surface area contributed by atoms with Crippen LogP contribution in [-0.4, -0.2) is 31.6 Å². The van der Waals surface area contributed by atoms with E-state index >= 15 is 0 Å². The Balaban J connectivity index is 3.02. The van der Waals surface area contributed by atoms with Crippen LogP contribution in [0.15, 0.2) is 0 Å². The fraction of sp³-hybridized carbons (Fsp3) is 0.545. The Morgan fingerprint density at radius 3 is 2.62 bits per heavy atom. The Morgan fingerprint density at radius 2 is 2.12 bits per heavy atom. The number of carbonyl (C=O) groups is 1. The number of nitrogen functional groups attached to an aromatic ring is 1. The molecule has 0 atom stereocenters. The van der Waals surface area contributed by atoms with E-state index in [9.17, 15) is 4.79 Å². The number of thiophene rings is 1. The maximum Gasteiger partial charge on any atom is 0.341 e. The maximum atomic E-state index is 11.7. The smallest absolute Gasteiger partial charge is 0.341 e. The second kappa shape index (κ2) is 5.32. The minimum Gasteiger partial charge on any atom is -0.462 e. The topological polar surface area (TPSA) is 55.6 Å². The molecule has 2 N–H and O–H groups in total. The molecule has 0 bridgehead atoms. The normalized spacial score (nSPS) is 10.8. The number of nitrogens with zero attached hydrogens (tertiary/aromatic N) is 1. The first kappa shape index (κ1) is 13.0. The van der Waals surface area contributed by atoms with E-state index in [1.54, 1.807) is 6.92 Å². The molecular weight excluding hydrogens is 224 g/mol. The largest absolute Gasteiger partial charge is 0.462 e. The van der Waals surface area contributed by atoms with Crippen LogP contribution in [0.3, 0.4) is 0 Å². The molecule has 0 saturated carbocycles. The lowest BCUT2D eigenvalue weighted by Crippen LogP contribution is -2.11. The van der Waals surface area contributed by atoms with Crippen molar-refractivity contribution >= 4 is 22.3 Å². The molecule has 0 saturated heterocycles. The summed E-state index contributed by atoms with van der Waals surface area (Å²) in [5.41, 5.74) is 7.32. The van der Waals surface area contributed by atoms with Crippen molar-refractivity contribution < 1.29 is 9.53 Å². The fourth-order valence-electron chi connectivity index (χ4n) is 1.48. The standard InChI is InChI=1S/C11H18N2O2S/c1-5-15-11(14)9-7(2)8(6-13(3)4)16-10(9)12/h5-6,12H2,1-4H3. The number of ether oxygens (including phenoxy) is 1. The molecule has 0 unspecified atom stereocenters. The van der Waals surface area contributed by atoms with Crippen LogP contribution in [-0.2, 0) is 11.3 Å². The molecule has 1 rings (SSSR count). The Hall–Kier alpha value is -1.07. The van der Waals surface area contributed by atoms with Crippen LogP contribution in [0.4, 0.5) is 5.00 Å². The van der Waals surface area contributed by atoms with Crippen molar-refractivity contribution in [1.82, 2.24) is 4.90 Å². The number of carbonyl (C=O) groups excluding carboxylic acids is 1. The molecule has 0 aliphatic heterocycles. The molecule has 90 valence electrons. The van der Waals surface area contributed by atoms with Crippen molar-refractivity contribution in [1.29, 1.82) is 0 Å². The van der Waals surface area contributed by atoms with Gasteiger partial charge < -0.3 is 15.4 Å². The molecule has 0 fully saturated rings. The van der Waals surface area contributed by atoms with Gasteiger partial charge in [0.1, 0.15) is 5.00 Å². The van der Waals surface area contributed by atoms with Gasteiger partial charge in [0, 0.05) is 11.4 Å². The number of esters is 1. The first-order valence-electron chi connectivity index (χ1n) is 5.17. The molecule has 0 aromatic carbocycles. The van der Waals surface area contributed by atoms with Crippen LogP contribution in [0.5, 0.6) is 0 Å². The molecule has 0 aliphatic carbocycles. The number of nitrogens with two attached hydrogens (primary N) is 1. The first-order valence-corrected chi connectivity index (χ1v) is 5.98. The summed E-state index contributed by atoms with van der Waals surface area (Å²) in [5.74, 6) is -0.321. The van der Waals surface area contributed by atoms with Crippen molar-refractivity contribution in [3.8, 4) is 0 Å². The molecule has 4 nitrogen and oxygen atoms in total. The van der Waals surface area contributed by atoms with E-state index in [1.165, 1.54) is 11.3 Å². The van der Waals surface area contributed by atoms with E-state index in [0.717, 1.165) is 17.0 Å². The van der Waals surface area contributed by atoms with E-state index < -0.39 is 0 Å². The van der Waals surface area contributed by atoms with Crippen molar-refractivity contribution in [2.24, 2.45) is 0 Å². The summed E-state index contributed by atoms with van der Waals surface area (Å²) in [6.45, 7) is 4.87. The second-order valence-corrected chi connectivity index (χ2v) is 4.98. The predicted octanol–water partition coefficient (Wildman–Crippen LogP) is 1.88. The molecule has 1 aromatic rings. The number of hydrogen-bond donors (Lipinski definition) is 1. The van der Waals surface area contributed by atoms with Gasteiger partial charge in [-0.05, 0) is 33.5 Å². The first-order chi connectivity index (χ1) is 7.47. The highest BCUT2D eigenvalue weighted by atomic mass is 32.1. The zero-order chi connectivity index (χ0) is 12.3. The summed E-state index contributed by atoms with van der Waals surface area (Å²) in [4.78, 5) is 14.8. The third kappa shape index (κ3) is 2.74. The van der Waals surface area contributed by atoms with Gasteiger partial charge in [-0.15, -0.1) is 11.3 Å². The SMILES string of the molecule is CCOC(=O)c1c(N)sc(CN(C)C)c1C. The van der Waals surface area contributed by atoms with Crippen molar-refractivity contribution in [2.45, 2.75) is 20.4 Å². The van der Waals surface area contributed by atoms with Crippen molar-refractivity contribution in [3.63, 3.8) is 0 Å². The minimum atomic E-state index is -0.321. The average Bonchev–Trinajstić information content (AvgIpc) is 2.41. The zero-order valence-corrected chi connectivity index (χ0v) is 11.0. The molecule has 0 radical (unpaired) electrons. The van der Waals surface area contributed by atoms with Crippen molar-refractivity contribution in [3.05, 3.63) is 16.0 Å². The molecular formula is C11H18N2O2S. The summed E-state index contributed by atoms with van der Waals surface area (Å²) >= 11 is 1.46. The van der Waals surface area contributed by atoms with Crippen LogP contribution in [0, 0.1) is 6.92 Å². The summed E-state index contributed by atoms with van der Waals surface area (Å²) in [6.07, 6.45) is 0. The van der Waals surface area contributed by atoms with Crippen molar-refractivity contribution in [2.75, 3.05) is 26.4 Å². The monoisotopic (exact) mass is 242 g/mol. The number of hydrogen-bond acceptors (Lipinski definition) is 5. The summed E-state index contributed by atoms with van der Waals surface area (Å²) in [5, 5.41) is 0.549. The van der Waals surface area contributed by atoms with Gasteiger partial charge in [-0.1, -0.05) is 0 Å². The molecule has 0 spiro atoms. The van der Waals surface area contributed by atoms with Gasteiger partial charge in [0.05, 0.1) is 12.2 Å². The third-order valence-electron chi connectivity index (χ3n) is 2.21. The van der Waals surface area contributed by atoms with Crippen LogP contribution < -0.4 is 5.73 Å². The van der Waals surface area contributed by atoms with Gasteiger partial charge in [0.25, 0.3) is 0 Å². The molecule has 1 heterocycles. The Kier molecular flexibility index (Phi) is 4.32. The highest BCUT2D eigenvalue weighted by molar-refractivity contribution is 7.16. The Labute approximate surface area is 100 Å². The van der Waals surface area contributed by atoms with E-state index in [1.807, 2.05) is 25.9 Å². The highest BCUT2D eigenvalue weighted by Crippen LogP contribution is 2.31. The molecule has 1 aromatic heterocycles. The minimum absolute atomic E-state index is 0.321. The zero-order valence-electron chi connectivity index (χ0n) is 10.2. The third-order valence-corrected chi connectivity index (χ3v) is 3.32.